The Bertz CT molecular complexity index is 1600. The number of likely N-dealkylation sites (N-methyl/N-ethyl adjacent to an activating group) is 1. The van der Waals surface area contributed by atoms with E-state index in [9.17, 15) is 14.4 Å². The number of nitrogens with zero attached hydrogens (tertiary/aromatic N) is 4. The maximum absolute atomic E-state index is 14.2. The van der Waals surface area contributed by atoms with E-state index in [-0.39, 0.29) is 16.5 Å². The summed E-state index contributed by atoms with van der Waals surface area (Å²) in [6.45, 7) is 2.30. The third-order valence-corrected chi connectivity index (χ3v) is 8.21. The number of nitrogens with two attached hydrogens (primary N) is 1. The van der Waals surface area contributed by atoms with Crippen LogP contribution in [-0.4, -0.2) is 66.0 Å². The number of benzene rings is 2. The molecule has 0 spiro atoms. The molecule has 5 rings (SSSR count). The number of hydrogen-bond donors (Lipinski definition) is 2. The lowest BCUT2D eigenvalue weighted by Gasteiger charge is -2.35. The van der Waals surface area contributed by atoms with Crippen molar-refractivity contribution in [2.75, 3.05) is 38.6 Å². The molecule has 0 saturated carbocycles. The highest BCUT2D eigenvalue weighted by Crippen LogP contribution is 2.40. The molecule has 10 heteroatoms. The number of halogens is 1. The number of primary amides is 1. The lowest BCUT2D eigenvalue weighted by atomic mass is 9.90. The number of nitrogens with one attached hydrogen (secondary N) is 1. The Kier molecular flexibility index (Phi) is 8.89. The van der Waals surface area contributed by atoms with Crippen molar-refractivity contribution in [3.63, 3.8) is 0 Å². The summed E-state index contributed by atoms with van der Waals surface area (Å²) in [6, 6.07) is 16.4. The maximum Gasteiger partial charge on any atom is 0.319 e. The van der Waals surface area contributed by atoms with Gasteiger partial charge in [0.1, 0.15) is 5.82 Å². The van der Waals surface area contributed by atoms with Gasteiger partial charge in [0.25, 0.3) is 11.8 Å². The molecule has 2 aromatic carbocycles. The molecule has 1 aliphatic heterocycles. The Hall–Kier alpha value is -4.21. The zero-order chi connectivity index (χ0) is 29.8. The predicted octanol–water partition coefficient (Wildman–Crippen LogP) is 4.75. The van der Waals surface area contributed by atoms with Crippen molar-refractivity contribution in [3.05, 3.63) is 94.3 Å². The van der Waals surface area contributed by atoms with E-state index in [1.165, 1.54) is 11.8 Å². The smallest absolute Gasteiger partial charge is 0.319 e. The number of aromatic nitrogens is 2. The third-order valence-electron chi connectivity index (χ3n) is 7.83. The highest BCUT2D eigenvalue weighted by molar-refractivity contribution is 6.39. The molecule has 0 aliphatic carbocycles. The fourth-order valence-corrected chi connectivity index (χ4v) is 6.10. The fourth-order valence-electron chi connectivity index (χ4n) is 5.77. The largest absolute Gasteiger partial charge is 0.357 e. The third kappa shape index (κ3) is 6.17. The monoisotopic (exact) mass is 586 g/mol. The number of carbonyl (C=O) groups excluding carboxylic acids is 3. The van der Waals surface area contributed by atoms with E-state index in [1.807, 2.05) is 20.2 Å². The quantitative estimate of drug-likeness (QED) is 0.308. The van der Waals surface area contributed by atoms with Crippen LogP contribution in [0.3, 0.4) is 0 Å². The lowest BCUT2D eigenvalue weighted by molar-refractivity contribution is 0.0954. The molecule has 218 valence electrons. The van der Waals surface area contributed by atoms with Gasteiger partial charge in [0, 0.05) is 43.0 Å². The molecule has 1 fully saturated rings. The summed E-state index contributed by atoms with van der Waals surface area (Å²) in [5.74, 6) is 0.302. The fraction of sp³-hybridized carbons (Fsp3) is 0.312. The van der Waals surface area contributed by atoms with Crippen molar-refractivity contribution in [2.24, 2.45) is 11.7 Å². The van der Waals surface area contributed by atoms with Crippen molar-refractivity contribution in [1.82, 2.24) is 19.8 Å². The summed E-state index contributed by atoms with van der Waals surface area (Å²) in [4.78, 5) is 47.1. The van der Waals surface area contributed by atoms with E-state index in [4.69, 9.17) is 17.3 Å². The summed E-state index contributed by atoms with van der Waals surface area (Å²) in [5, 5.41) is 2.96. The van der Waals surface area contributed by atoms with Crippen molar-refractivity contribution < 1.29 is 14.4 Å². The first-order valence-corrected chi connectivity index (χ1v) is 14.5. The van der Waals surface area contributed by atoms with E-state index in [1.54, 1.807) is 35.0 Å². The molecule has 42 heavy (non-hydrogen) atoms. The van der Waals surface area contributed by atoms with Gasteiger partial charge in [0.15, 0.2) is 0 Å². The van der Waals surface area contributed by atoms with Crippen LogP contribution >= 0.6 is 11.6 Å². The molecule has 2 aromatic heterocycles. The number of urea groups is 1. The van der Waals surface area contributed by atoms with Gasteiger partial charge >= 0.3 is 6.03 Å². The van der Waals surface area contributed by atoms with Gasteiger partial charge in [0.2, 0.25) is 0 Å². The Labute approximate surface area is 250 Å². The van der Waals surface area contributed by atoms with Gasteiger partial charge in [-0.2, -0.15) is 0 Å². The molecule has 4 aromatic rings. The molecule has 0 unspecified atom stereocenters. The van der Waals surface area contributed by atoms with Crippen LogP contribution in [0.1, 0.15) is 44.7 Å². The normalized spacial score (nSPS) is 14.0. The van der Waals surface area contributed by atoms with E-state index in [0.717, 1.165) is 55.7 Å². The summed E-state index contributed by atoms with van der Waals surface area (Å²) >= 11 is 6.93. The van der Waals surface area contributed by atoms with Gasteiger partial charge in [-0.1, -0.05) is 48.0 Å². The van der Waals surface area contributed by atoms with Crippen LogP contribution in [0.25, 0.3) is 10.9 Å². The Morgan fingerprint density at radius 1 is 1.05 bits per heavy atom. The Balaban J connectivity index is 1.63. The minimum Gasteiger partial charge on any atom is -0.357 e. The number of pyridine rings is 1. The van der Waals surface area contributed by atoms with Gasteiger partial charge in [-0.25, -0.2) is 4.79 Å². The number of imide groups is 1. The Morgan fingerprint density at radius 3 is 2.43 bits per heavy atom. The average molecular weight is 587 g/mol. The number of amides is 3. The molecule has 3 heterocycles. The lowest BCUT2D eigenvalue weighted by Crippen LogP contribution is -2.37. The summed E-state index contributed by atoms with van der Waals surface area (Å²) in [6.07, 6.45) is 6.78. The van der Waals surface area contributed by atoms with Crippen molar-refractivity contribution in [2.45, 2.75) is 25.7 Å². The van der Waals surface area contributed by atoms with E-state index in [2.05, 4.69) is 44.4 Å². The van der Waals surface area contributed by atoms with Crippen LogP contribution in [-0.2, 0) is 12.8 Å². The zero-order valence-electron chi connectivity index (χ0n) is 23.8. The molecular weight excluding hydrogens is 552 g/mol. The molecule has 9 nitrogen and oxygen atoms in total. The van der Waals surface area contributed by atoms with Crippen molar-refractivity contribution in [3.8, 4) is 0 Å². The van der Waals surface area contributed by atoms with Crippen LogP contribution in [0.2, 0.25) is 5.02 Å². The summed E-state index contributed by atoms with van der Waals surface area (Å²) in [5.41, 5.74) is 8.42. The maximum atomic E-state index is 14.2. The van der Waals surface area contributed by atoms with Gasteiger partial charge < -0.3 is 15.5 Å². The van der Waals surface area contributed by atoms with Crippen molar-refractivity contribution in [1.29, 1.82) is 0 Å². The van der Waals surface area contributed by atoms with Gasteiger partial charge in [-0.05, 0) is 69.5 Å². The minimum absolute atomic E-state index is 0.0629. The van der Waals surface area contributed by atoms with Gasteiger partial charge in [-0.15, -0.1) is 0 Å². The molecule has 0 bridgehead atoms. The second kappa shape index (κ2) is 12.8. The average Bonchev–Trinajstić information content (AvgIpc) is 3.31. The first-order valence-electron chi connectivity index (χ1n) is 14.1. The second-order valence-corrected chi connectivity index (χ2v) is 11.4. The second-order valence-electron chi connectivity index (χ2n) is 11.0. The van der Waals surface area contributed by atoms with Crippen molar-refractivity contribution >= 4 is 46.2 Å². The number of hydrogen-bond acceptors (Lipinski definition) is 6. The highest BCUT2D eigenvalue weighted by atomic mass is 35.5. The molecule has 1 aliphatic rings. The Morgan fingerprint density at radius 2 is 1.79 bits per heavy atom. The number of rotatable bonds is 8. The first kappa shape index (κ1) is 29.3. The molecule has 1 saturated heterocycles. The summed E-state index contributed by atoms with van der Waals surface area (Å²) in [7, 11) is 4.02. The number of anilines is 1. The SMILES string of the molecule is CN(C)CCc1c(N2CCC(Cc3ccccc3)CC2)n(C(=O)c2cccnc2)c2c(Cl)c(C(=O)NC(N)=O)ccc12. The molecule has 3 N–H and O–H groups in total. The number of piperidine rings is 1. The van der Waals surface area contributed by atoms with E-state index in [0.29, 0.717) is 23.4 Å². The standard InChI is InChI=1S/C32H35ClN6O3/c1-37(2)16-14-25-24-10-11-26(29(40)36-32(34)42)27(33)28(24)39(31(41)23-9-6-15-35-20-23)30(25)38-17-12-22(13-18-38)19-21-7-4-3-5-8-21/h3-11,15,20,22H,12-14,16-19H2,1-2H3,(H3,34,36,40,42). The first-order chi connectivity index (χ1) is 20.2. The van der Waals surface area contributed by atoms with E-state index >= 15 is 0 Å². The molecule has 3 amide bonds. The van der Waals surface area contributed by atoms with E-state index < -0.39 is 11.9 Å². The van der Waals surface area contributed by atoms with Crippen LogP contribution in [0.4, 0.5) is 10.6 Å². The summed E-state index contributed by atoms with van der Waals surface area (Å²) < 4.78 is 1.64. The van der Waals surface area contributed by atoms with Gasteiger partial charge in [0.05, 0.1) is 21.7 Å². The number of carbonyl (C=O) groups is 3. The van der Waals surface area contributed by atoms with Gasteiger partial charge in [-0.3, -0.25) is 24.5 Å². The van der Waals surface area contributed by atoms with Crippen LogP contribution in [0, 0.1) is 5.92 Å². The molecule has 0 atom stereocenters. The van der Waals surface area contributed by atoms with Crippen LogP contribution < -0.4 is 16.0 Å². The molecular formula is C32H35ClN6O3. The topological polar surface area (TPSA) is 114 Å². The predicted molar refractivity (Wildman–Crippen MR) is 165 cm³/mol. The molecule has 0 radical (unpaired) electrons. The highest BCUT2D eigenvalue weighted by Gasteiger charge is 2.31. The van der Waals surface area contributed by atoms with Crippen LogP contribution in [0.5, 0.6) is 0 Å². The minimum atomic E-state index is -0.983. The number of fused-ring (bicyclic) bond motifs is 1. The van der Waals surface area contributed by atoms with Crippen LogP contribution in [0.15, 0.2) is 67.0 Å². The zero-order valence-corrected chi connectivity index (χ0v) is 24.6.